The van der Waals surface area contributed by atoms with Crippen LogP contribution in [-0.4, -0.2) is 231 Å². The molecular formula is C30H51N3O24S. The molecule has 4 aliphatic rings. The van der Waals surface area contributed by atoms with Crippen LogP contribution in [0.3, 0.4) is 0 Å². The summed E-state index contributed by atoms with van der Waals surface area (Å²) in [6, 6.07) is -4.89. The first kappa shape index (κ1) is 48.3. The molecule has 4 aliphatic heterocycles. The molecule has 4 saturated heterocycles. The molecule has 4 fully saturated rings. The number of carbonyl (C=O) groups excluding carboxylic acids is 3. The van der Waals surface area contributed by atoms with Gasteiger partial charge in [-0.3, -0.25) is 18.9 Å². The van der Waals surface area contributed by atoms with Crippen LogP contribution in [-0.2, 0) is 62.1 Å². The molecule has 28 heteroatoms. The fourth-order valence-electron chi connectivity index (χ4n) is 6.90. The molecule has 0 aromatic rings. The normalized spacial score (nSPS) is 43.6. The quantitative estimate of drug-likeness (QED) is 0.0679. The highest BCUT2D eigenvalue weighted by molar-refractivity contribution is 7.80. The van der Waals surface area contributed by atoms with Gasteiger partial charge in [-0.2, -0.15) is 8.42 Å². The van der Waals surface area contributed by atoms with Crippen LogP contribution in [0.2, 0.25) is 0 Å². The van der Waals surface area contributed by atoms with Crippen LogP contribution in [0.15, 0.2) is 0 Å². The van der Waals surface area contributed by atoms with Crippen molar-refractivity contribution >= 4 is 28.1 Å². The maximum atomic E-state index is 12.3. The van der Waals surface area contributed by atoms with Gasteiger partial charge in [-0.1, -0.05) is 0 Å². The van der Waals surface area contributed by atoms with Crippen molar-refractivity contribution in [2.45, 2.75) is 143 Å². The topological polar surface area (TPSA) is 418 Å². The van der Waals surface area contributed by atoms with Gasteiger partial charge in [-0.05, 0) is 0 Å². The first-order valence-corrected chi connectivity index (χ1v) is 19.1. The van der Waals surface area contributed by atoms with Crippen LogP contribution in [0, 0.1) is 0 Å². The third-order valence-corrected chi connectivity index (χ3v) is 10.1. The average molecular weight is 870 g/mol. The predicted molar refractivity (Wildman–Crippen MR) is 179 cm³/mol. The lowest BCUT2D eigenvalue weighted by Gasteiger charge is -2.49. The van der Waals surface area contributed by atoms with Crippen LogP contribution in [0.5, 0.6) is 0 Å². The van der Waals surface area contributed by atoms with Crippen LogP contribution in [0.4, 0.5) is 0 Å². The van der Waals surface area contributed by atoms with Gasteiger partial charge in [0.2, 0.25) is 17.7 Å². The van der Waals surface area contributed by atoms with E-state index >= 15 is 0 Å². The molecule has 0 radical (unpaired) electrons. The van der Waals surface area contributed by atoms with Gasteiger partial charge in [0.05, 0.1) is 26.4 Å². The fraction of sp³-hybridized carbons (Fsp3) is 0.900. The largest absolute Gasteiger partial charge is 0.397 e. The Morgan fingerprint density at radius 1 is 0.534 bits per heavy atom. The molecule has 0 aromatic carbocycles. The summed E-state index contributed by atoms with van der Waals surface area (Å²) in [6.45, 7) is -0.497. The highest BCUT2D eigenvalue weighted by atomic mass is 32.3. The van der Waals surface area contributed by atoms with E-state index in [1.807, 2.05) is 0 Å². The second-order valence-electron chi connectivity index (χ2n) is 13.9. The van der Waals surface area contributed by atoms with Gasteiger partial charge in [0.1, 0.15) is 97.5 Å². The zero-order valence-electron chi connectivity index (χ0n) is 31.0. The van der Waals surface area contributed by atoms with Crippen molar-refractivity contribution in [1.82, 2.24) is 16.0 Å². The number of ether oxygens (including phenoxy) is 7. The minimum absolute atomic E-state index is 0.735. The monoisotopic (exact) mass is 869 g/mol. The van der Waals surface area contributed by atoms with E-state index in [1.54, 1.807) is 0 Å². The molecule has 0 bridgehead atoms. The molecule has 27 nitrogen and oxygen atoms in total. The molecule has 20 atom stereocenters. The number of aliphatic hydroxyl groups is 10. The van der Waals surface area contributed by atoms with E-state index in [9.17, 15) is 78.4 Å². The second kappa shape index (κ2) is 20.4. The third-order valence-electron chi connectivity index (χ3n) is 9.60. The van der Waals surface area contributed by atoms with E-state index in [2.05, 4.69) is 20.1 Å². The standard InChI is InChI=1S/C30H51N3O24S/c1-8(37)31-15-20(42)24(55-29-16(32-9(2)38)21(43)25(13(6-36)54-29)57-58(47,48)49)12(5-35)53-28(15)50-7-14-19(41)26(17(27(46)51-14)33-10(3)39)56-30-23(45)22(44)18(40)11(4-34)52-30/h11-30,34-36,40-46H,4-7H2,1-3H3,(H,31,37)(H,32,38)(H,33,39)(H,47,48,49)/t11-,12-,13-,14-,15-,16-,17-,18+,19+,20-,21-,22+,23-,24-,25+,26-,27-,28-,29+,30+/m1/s1. The minimum Gasteiger partial charge on any atom is -0.394 e. The average Bonchev–Trinajstić information content (AvgIpc) is 3.14. The molecule has 0 aromatic heterocycles. The van der Waals surface area contributed by atoms with Crippen LogP contribution in [0.25, 0.3) is 0 Å². The summed E-state index contributed by atoms with van der Waals surface area (Å²) in [5, 5.41) is 112. The lowest BCUT2D eigenvalue weighted by molar-refractivity contribution is -0.350. The van der Waals surface area contributed by atoms with Gasteiger partial charge in [0.15, 0.2) is 25.2 Å². The molecular weight excluding hydrogens is 818 g/mol. The molecule has 58 heavy (non-hydrogen) atoms. The van der Waals surface area contributed by atoms with Crippen molar-refractivity contribution in [2.24, 2.45) is 0 Å². The molecule has 4 rings (SSSR count). The van der Waals surface area contributed by atoms with E-state index < -0.39 is 177 Å². The molecule has 0 aliphatic carbocycles. The number of amides is 3. The zero-order chi connectivity index (χ0) is 43.4. The van der Waals surface area contributed by atoms with Crippen molar-refractivity contribution in [3.63, 3.8) is 0 Å². The van der Waals surface area contributed by atoms with Crippen molar-refractivity contribution in [3.8, 4) is 0 Å². The van der Waals surface area contributed by atoms with Crippen LogP contribution >= 0.6 is 0 Å². The van der Waals surface area contributed by atoms with E-state index in [4.69, 9.17) is 33.2 Å². The number of aliphatic hydroxyl groups excluding tert-OH is 10. The summed E-state index contributed by atoms with van der Waals surface area (Å²) in [7, 11) is -5.25. The van der Waals surface area contributed by atoms with E-state index in [0.717, 1.165) is 20.8 Å². The summed E-state index contributed by atoms with van der Waals surface area (Å²) in [5.74, 6) is -2.33. The molecule has 14 N–H and O–H groups in total. The molecule has 3 amide bonds. The number of hydrogen-bond acceptors (Lipinski definition) is 23. The minimum atomic E-state index is -5.25. The Bertz CT molecular complexity index is 1500. The third kappa shape index (κ3) is 11.5. The lowest BCUT2D eigenvalue weighted by Crippen LogP contribution is -2.70. The Morgan fingerprint density at radius 2 is 1.00 bits per heavy atom. The van der Waals surface area contributed by atoms with Gasteiger partial charge in [0.25, 0.3) is 0 Å². The van der Waals surface area contributed by atoms with E-state index in [1.165, 1.54) is 0 Å². The fourth-order valence-corrected chi connectivity index (χ4v) is 7.42. The number of nitrogens with one attached hydrogen (secondary N) is 3. The van der Waals surface area contributed by atoms with Crippen molar-refractivity contribution in [2.75, 3.05) is 26.4 Å². The Morgan fingerprint density at radius 3 is 1.53 bits per heavy atom. The highest BCUT2D eigenvalue weighted by Crippen LogP contribution is 2.33. The van der Waals surface area contributed by atoms with Gasteiger partial charge in [-0.25, -0.2) is 4.18 Å². The molecule has 4 heterocycles. The second-order valence-corrected chi connectivity index (χ2v) is 14.9. The molecule has 0 unspecified atom stereocenters. The first-order valence-electron chi connectivity index (χ1n) is 17.7. The van der Waals surface area contributed by atoms with E-state index in [-0.39, 0.29) is 0 Å². The number of rotatable bonds is 15. The summed E-state index contributed by atoms with van der Waals surface area (Å²) in [5.41, 5.74) is 0. The summed E-state index contributed by atoms with van der Waals surface area (Å²) in [6.07, 6.45) is -30.8. The van der Waals surface area contributed by atoms with Gasteiger partial charge in [0, 0.05) is 20.8 Å². The van der Waals surface area contributed by atoms with Crippen LogP contribution < -0.4 is 16.0 Å². The van der Waals surface area contributed by atoms with Crippen molar-refractivity contribution in [1.29, 1.82) is 0 Å². The van der Waals surface area contributed by atoms with Crippen molar-refractivity contribution in [3.05, 3.63) is 0 Å². The van der Waals surface area contributed by atoms with Gasteiger partial charge >= 0.3 is 10.4 Å². The van der Waals surface area contributed by atoms with Crippen LogP contribution in [0.1, 0.15) is 20.8 Å². The van der Waals surface area contributed by atoms with Crippen molar-refractivity contribution < 1.29 is 116 Å². The Balaban J connectivity index is 1.55. The predicted octanol–water partition coefficient (Wildman–Crippen LogP) is -9.49. The highest BCUT2D eigenvalue weighted by Gasteiger charge is 2.55. The maximum absolute atomic E-state index is 12.3. The summed E-state index contributed by atoms with van der Waals surface area (Å²) >= 11 is 0. The Kier molecular flexibility index (Phi) is 17.0. The van der Waals surface area contributed by atoms with Gasteiger partial charge in [-0.15, -0.1) is 0 Å². The maximum Gasteiger partial charge on any atom is 0.397 e. The first-order chi connectivity index (χ1) is 27.1. The van der Waals surface area contributed by atoms with Gasteiger partial charge < -0.3 is 100 Å². The SMILES string of the molecule is CC(=O)N[C@@H]1[C@@H](O[C@@H]2O[C@H](CO)[C@H](O)[C@H](O)[C@H]2O)[C@@H](O)[C@@H](CO[C@@H]2O[C@H](CO)[C@@H](O[C@@H]3O[C@H](CO)[C@H](OS(=O)(=O)O)[C@H](O)[C@H]3NC(C)=O)[C@H](O)[C@H]2NC(C)=O)O[C@H]1O. The zero-order valence-corrected chi connectivity index (χ0v) is 31.8. The summed E-state index contributed by atoms with van der Waals surface area (Å²) < 4.78 is 76.1. The summed E-state index contributed by atoms with van der Waals surface area (Å²) in [4.78, 5) is 36.3. The molecule has 0 spiro atoms. The smallest absolute Gasteiger partial charge is 0.394 e. The Hall–Kier alpha value is -2.40. The Labute approximate surface area is 329 Å². The lowest BCUT2D eigenvalue weighted by atomic mass is 9.94. The van der Waals surface area contributed by atoms with E-state index in [0.29, 0.717) is 0 Å². The molecule has 0 saturated carbocycles. The number of hydrogen-bond donors (Lipinski definition) is 14. The number of carbonyl (C=O) groups is 3. The molecule has 336 valence electrons.